The Morgan fingerprint density at radius 1 is 0.846 bits per heavy atom. The molecule has 0 radical (unpaired) electrons. The number of carbonyl (C=O) groups is 2. The number of amides is 1. The number of likely N-dealkylation sites (N-methyl/N-ethyl adjacent to an activating group) is 1. The second-order valence-electron chi connectivity index (χ2n) is 7.93. The van der Waals surface area contributed by atoms with Gasteiger partial charge in [-0.2, -0.15) is 0 Å². The van der Waals surface area contributed by atoms with Crippen LogP contribution < -0.4 is 0 Å². The first-order valence-corrected chi connectivity index (χ1v) is 11.1. The number of unbranched alkanes of at least 4 members (excludes halogenated alkanes) is 9. The predicted molar refractivity (Wildman–Crippen MR) is 107 cm³/mol. The molecule has 152 valence electrons. The Morgan fingerprint density at radius 3 is 1.96 bits per heavy atom. The van der Waals surface area contributed by atoms with Gasteiger partial charge in [0.25, 0.3) is 0 Å². The third kappa shape index (κ3) is 10.8. The van der Waals surface area contributed by atoms with Crippen LogP contribution in [0.2, 0.25) is 0 Å². The van der Waals surface area contributed by atoms with Gasteiger partial charge in [-0.1, -0.05) is 84.0 Å². The topological polar surface area (TPSA) is 46.6 Å². The van der Waals surface area contributed by atoms with Gasteiger partial charge in [0.2, 0.25) is 5.91 Å². The summed E-state index contributed by atoms with van der Waals surface area (Å²) in [6, 6.07) is 0. The molecule has 0 N–H and O–H groups in total. The lowest BCUT2D eigenvalue weighted by Gasteiger charge is -2.25. The molecular formula is C22H41NO3. The molecule has 0 aliphatic heterocycles. The van der Waals surface area contributed by atoms with Gasteiger partial charge < -0.3 is 9.64 Å². The van der Waals surface area contributed by atoms with E-state index in [1.807, 2.05) is 0 Å². The van der Waals surface area contributed by atoms with E-state index in [1.54, 1.807) is 11.9 Å². The van der Waals surface area contributed by atoms with Crippen LogP contribution in [0.25, 0.3) is 0 Å². The largest absolute Gasteiger partial charge is 0.464 e. The number of hydrogen-bond acceptors (Lipinski definition) is 3. The van der Waals surface area contributed by atoms with Gasteiger partial charge >= 0.3 is 5.97 Å². The molecule has 0 bridgehead atoms. The fraction of sp³-hybridized carbons (Fsp3) is 0.909. The average molecular weight is 368 g/mol. The van der Waals surface area contributed by atoms with E-state index in [9.17, 15) is 9.59 Å². The number of carbonyl (C=O) groups excluding carboxylic acids is 2. The van der Waals surface area contributed by atoms with E-state index in [4.69, 9.17) is 4.74 Å². The summed E-state index contributed by atoms with van der Waals surface area (Å²) in [6.45, 7) is 2.83. The molecular weight excluding hydrogens is 326 g/mol. The average Bonchev–Trinajstić information content (AvgIpc) is 2.66. The molecule has 0 heterocycles. The zero-order chi connectivity index (χ0) is 19.0. The molecule has 0 spiro atoms. The van der Waals surface area contributed by atoms with Gasteiger partial charge in [0.05, 0.1) is 6.61 Å². The van der Waals surface area contributed by atoms with Gasteiger partial charge in [-0.25, -0.2) is 0 Å². The van der Waals surface area contributed by atoms with Crippen LogP contribution in [-0.4, -0.2) is 37.0 Å². The summed E-state index contributed by atoms with van der Waals surface area (Å²) in [4.78, 5) is 25.7. The molecule has 0 unspecified atom stereocenters. The summed E-state index contributed by atoms with van der Waals surface area (Å²) in [7, 11) is 1.72. The van der Waals surface area contributed by atoms with Crippen molar-refractivity contribution in [1.29, 1.82) is 0 Å². The van der Waals surface area contributed by atoms with Gasteiger partial charge in [-0.05, 0) is 19.3 Å². The fourth-order valence-corrected chi connectivity index (χ4v) is 3.75. The lowest BCUT2D eigenvalue weighted by atomic mass is 9.88. The van der Waals surface area contributed by atoms with E-state index in [1.165, 1.54) is 57.8 Å². The molecule has 0 aromatic rings. The molecule has 26 heavy (non-hydrogen) atoms. The van der Waals surface area contributed by atoms with Crippen LogP contribution in [0, 0.1) is 5.92 Å². The second kappa shape index (κ2) is 15.0. The molecule has 1 fully saturated rings. The Balaban J connectivity index is 1.95. The minimum atomic E-state index is -0.271. The van der Waals surface area contributed by atoms with Crippen molar-refractivity contribution in [3.05, 3.63) is 0 Å². The molecule has 0 saturated heterocycles. The molecule has 0 aromatic heterocycles. The predicted octanol–water partition coefficient (Wildman–Crippen LogP) is 5.49. The third-order valence-electron chi connectivity index (χ3n) is 5.46. The number of hydrogen-bond donors (Lipinski definition) is 0. The highest BCUT2D eigenvalue weighted by Crippen LogP contribution is 2.25. The van der Waals surface area contributed by atoms with Gasteiger partial charge in [0, 0.05) is 13.0 Å². The van der Waals surface area contributed by atoms with E-state index in [-0.39, 0.29) is 24.3 Å². The summed E-state index contributed by atoms with van der Waals surface area (Å²) < 4.78 is 5.29. The number of ether oxygens (including phenoxy) is 1. The molecule has 1 aliphatic carbocycles. The van der Waals surface area contributed by atoms with Crippen LogP contribution in [0.3, 0.4) is 0 Å². The quantitative estimate of drug-likeness (QED) is 0.301. The number of esters is 1. The Hall–Kier alpha value is -1.06. The third-order valence-corrected chi connectivity index (χ3v) is 5.46. The van der Waals surface area contributed by atoms with Gasteiger partial charge in [-0.15, -0.1) is 0 Å². The standard InChI is InChI=1S/C22H41NO3/c1-3-4-5-6-7-8-9-10-11-15-18-26-21(24)19-23(2)22(25)20-16-13-12-14-17-20/h20H,3-19H2,1-2H3. The zero-order valence-electron chi connectivity index (χ0n) is 17.3. The van der Waals surface area contributed by atoms with Crippen molar-refractivity contribution in [2.45, 2.75) is 103 Å². The van der Waals surface area contributed by atoms with Gasteiger partial charge in [0.15, 0.2) is 0 Å². The van der Waals surface area contributed by atoms with Crippen molar-refractivity contribution >= 4 is 11.9 Å². The number of nitrogens with zero attached hydrogens (tertiary/aromatic N) is 1. The van der Waals surface area contributed by atoms with E-state index in [0.29, 0.717) is 6.61 Å². The summed E-state index contributed by atoms with van der Waals surface area (Å²) >= 11 is 0. The first-order valence-electron chi connectivity index (χ1n) is 11.1. The van der Waals surface area contributed by atoms with Crippen LogP contribution in [-0.2, 0) is 14.3 Å². The van der Waals surface area contributed by atoms with Crippen LogP contribution in [0.5, 0.6) is 0 Å². The maximum atomic E-state index is 12.3. The highest BCUT2D eigenvalue weighted by atomic mass is 16.5. The van der Waals surface area contributed by atoms with Crippen molar-refractivity contribution in [3.8, 4) is 0 Å². The molecule has 1 amide bonds. The maximum absolute atomic E-state index is 12.3. The van der Waals surface area contributed by atoms with Crippen molar-refractivity contribution in [3.63, 3.8) is 0 Å². The van der Waals surface area contributed by atoms with E-state index < -0.39 is 0 Å². The van der Waals surface area contributed by atoms with E-state index in [2.05, 4.69) is 6.92 Å². The van der Waals surface area contributed by atoms with Gasteiger partial charge in [-0.3, -0.25) is 9.59 Å². The Labute approximate surface area is 161 Å². The second-order valence-corrected chi connectivity index (χ2v) is 7.93. The van der Waals surface area contributed by atoms with Crippen molar-refractivity contribution in [1.82, 2.24) is 4.90 Å². The van der Waals surface area contributed by atoms with Crippen LogP contribution >= 0.6 is 0 Å². The molecule has 4 nitrogen and oxygen atoms in total. The van der Waals surface area contributed by atoms with Crippen molar-refractivity contribution in [2.24, 2.45) is 5.92 Å². The highest BCUT2D eigenvalue weighted by Gasteiger charge is 2.25. The lowest BCUT2D eigenvalue weighted by molar-refractivity contribution is -0.150. The first-order chi connectivity index (χ1) is 12.6. The van der Waals surface area contributed by atoms with Crippen LogP contribution in [0.1, 0.15) is 103 Å². The minimum Gasteiger partial charge on any atom is -0.464 e. The molecule has 0 atom stereocenters. The van der Waals surface area contributed by atoms with Crippen LogP contribution in [0.15, 0.2) is 0 Å². The van der Waals surface area contributed by atoms with E-state index >= 15 is 0 Å². The van der Waals surface area contributed by atoms with E-state index in [0.717, 1.165) is 38.5 Å². The molecule has 1 saturated carbocycles. The summed E-state index contributed by atoms with van der Waals surface area (Å²) in [5.41, 5.74) is 0. The first kappa shape index (κ1) is 23.0. The Kier molecular flexibility index (Phi) is 13.3. The highest BCUT2D eigenvalue weighted by molar-refractivity contribution is 5.83. The Bertz CT molecular complexity index is 378. The molecule has 4 heteroatoms. The van der Waals surface area contributed by atoms with Crippen molar-refractivity contribution < 1.29 is 14.3 Å². The number of rotatable bonds is 14. The van der Waals surface area contributed by atoms with Crippen molar-refractivity contribution in [2.75, 3.05) is 20.2 Å². The smallest absolute Gasteiger partial charge is 0.325 e. The van der Waals surface area contributed by atoms with Gasteiger partial charge in [0.1, 0.15) is 6.54 Å². The SMILES string of the molecule is CCCCCCCCCCCCOC(=O)CN(C)C(=O)C1CCCCC1. The zero-order valence-corrected chi connectivity index (χ0v) is 17.3. The monoisotopic (exact) mass is 367 g/mol. The minimum absolute atomic E-state index is 0.0904. The van der Waals surface area contributed by atoms with Crippen LogP contribution in [0.4, 0.5) is 0 Å². The summed E-state index contributed by atoms with van der Waals surface area (Å²) in [5.74, 6) is -0.0447. The maximum Gasteiger partial charge on any atom is 0.325 e. The Morgan fingerprint density at radius 2 is 1.38 bits per heavy atom. The molecule has 1 aliphatic rings. The summed E-state index contributed by atoms with van der Waals surface area (Å²) in [6.07, 6.45) is 18.1. The molecule has 0 aromatic carbocycles. The lowest BCUT2D eigenvalue weighted by Crippen LogP contribution is -2.38. The normalized spacial score (nSPS) is 15.0. The fourth-order valence-electron chi connectivity index (χ4n) is 3.75. The summed E-state index contributed by atoms with van der Waals surface area (Å²) in [5, 5.41) is 0. The molecule has 1 rings (SSSR count).